The molecule has 1 aliphatic carbocycles. The fraction of sp³-hybridized carbons (Fsp3) is 0.533. The number of nitrogens with one attached hydrogen (secondary N) is 2. The summed E-state index contributed by atoms with van der Waals surface area (Å²) in [7, 11) is 0. The highest BCUT2D eigenvalue weighted by Crippen LogP contribution is 2.28. The van der Waals surface area contributed by atoms with E-state index in [0.29, 0.717) is 30.5 Å². The van der Waals surface area contributed by atoms with Crippen LogP contribution < -0.4 is 10.6 Å². The molecule has 1 aromatic carbocycles. The van der Waals surface area contributed by atoms with Gasteiger partial charge in [0.05, 0.1) is 0 Å². The largest absolute Gasteiger partial charge is 0.357 e. The predicted octanol–water partition coefficient (Wildman–Crippen LogP) is 3.09. The maximum absolute atomic E-state index is 13.5. The second kappa shape index (κ2) is 8.51. The first kappa shape index (κ1) is 18.1. The van der Waals surface area contributed by atoms with Crippen LogP contribution in [-0.2, 0) is 6.42 Å². The van der Waals surface area contributed by atoms with Crippen molar-refractivity contribution < 1.29 is 8.78 Å². The molecule has 0 aliphatic heterocycles. The predicted molar refractivity (Wildman–Crippen MR) is 92.2 cm³/mol. The lowest BCUT2D eigenvalue weighted by atomic mass is 10.1. The smallest absolute Gasteiger partial charge is 0.191 e. The molecule has 0 radical (unpaired) electrons. The van der Waals surface area contributed by atoms with Crippen molar-refractivity contribution in [2.24, 2.45) is 10.9 Å². The van der Waals surface area contributed by atoms with E-state index < -0.39 is 11.6 Å². The van der Waals surface area contributed by atoms with Crippen molar-refractivity contribution in [3.63, 3.8) is 0 Å². The van der Waals surface area contributed by atoms with Crippen LogP contribution in [0.3, 0.4) is 0 Å². The van der Waals surface area contributed by atoms with E-state index in [9.17, 15) is 8.78 Å². The van der Waals surface area contributed by atoms with Crippen LogP contribution in [0.2, 0.25) is 0 Å². The van der Waals surface area contributed by atoms with E-state index >= 15 is 0 Å². The number of guanidine groups is 1. The summed E-state index contributed by atoms with van der Waals surface area (Å²) in [5, 5.41) is 6.48. The highest BCUT2D eigenvalue weighted by atomic mass is 127. The highest BCUT2D eigenvalue weighted by Gasteiger charge is 2.33. The molecule has 0 spiro atoms. The topological polar surface area (TPSA) is 36.4 Å². The van der Waals surface area contributed by atoms with Crippen molar-refractivity contribution in [1.82, 2.24) is 10.6 Å². The number of benzene rings is 1. The molecule has 0 heterocycles. The molecule has 0 amide bonds. The molecule has 0 aromatic heterocycles. The van der Waals surface area contributed by atoms with E-state index in [2.05, 4.69) is 22.5 Å². The number of nitrogens with zero attached hydrogens (tertiary/aromatic N) is 1. The summed E-state index contributed by atoms with van der Waals surface area (Å²) >= 11 is 0. The maximum Gasteiger partial charge on any atom is 0.191 e. The lowest BCUT2D eigenvalue weighted by Crippen LogP contribution is -2.39. The van der Waals surface area contributed by atoms with Gasteiger partial charge in [0.15, 0.2) is 17.6 Å². The standard InChI is InChI=1S/C15H21F2N3.HI/c1-3-18-15(20-13-9-10(13)2)19-8-7-11-5-4-6-12(16)14(11)17;/h4-6,10,13H,3,7-9H2,1-2H3,(H2,18,19,20);1H. The summed E-state index contributed by atoms with van der Waals surface area (Å²) in [5.74, 6) is -0.141. The van der Waals surface area contributed by atoms with Crippen LogP contribution in [0.5, 0.6) is 0 Å². The Morgan fingerprint density at radius 3 is 2.71 bits per heavy atom. The third-order valence-electron chi connectivity index (χ3n) is 3.46. The Balaban J connectivity index is 0.00000220. The lowest BCUT2D eigenvalue weighted by Gasteiger charge is -2.10. The van der Waals surface area contributed by atoms with Crippen LogP contribution in [0.15, 0.2) is 23.2 Å². The van der Waals surface area contributed by atoms with Crippen LogP contribution in [0.25, 0.3) is 0 Å². The van der Waals surface area contributed by atoms with E-state index in [0.717, 1.165) is 25.0 Å². The van der Waals surface area contributed by atoms with E-state index in [4.69, 9.17) is 0 Å². The first-order valence-electron chi connectivity index (χ1n) is 7.09. The number of hydrogen-bond acceptors (Lipinski definition) is 1. The van der Waals surface area contributed by atoms with Crippen molar-refractivity contribution in [2.45, 2.75) is 32.7 Å². The Labute approximate surface area is 141 Å². The molecule has 0 bridgehead atoms. The molecular formula is C15H22F2IN3. The van der Waals surface area contributed by atoms with Gasteiger partial charge in [-0.15, -0.1) is 24.0 Å². The molecular weight excluding hydrogens is 387 g/mol. The summed E-state index contributed by atoms with van der Waals surface area (Å²) in [4.78, 5) is 4.40. The van der Waals surface area contributed by atoms with Gasteiger partial charge in [0.25, 0.3) is 0 Å². The zero-order valence-corrected chi connectivity index (χ0v) is 14.7. The van der Waals surface area contributed by atoms with Crippen molar-refractivity contribution in [1.29, 1.82) is 0 Å². The molecule has 6 heteroatoms. The Hall–Kier alpha value is -0.920. The van der Waals surface area contributed by atoms with Gasteiger partial charge >= 0.3 is 0 Å². The minimum absolute atomic E-state index is 0. The summed E-state index contributed by atoms with van der Waals surface area (Å²) < 4.78 is 26.6. The van der Waals surface area contributed by atoms with Gasteiger partial charge in [-0.05, 0) is 37.3 Å². The summed E-state index contributed by atoms with van der Waals surface area (Å²) in [5.41, 5.74) is 0.365. The zero-order valence-electron chi connectivity index (χ0n) is 12.3. The molecule has 2 unspecified atom stereocenters. The summed E-state index contributed by atoms with van der Waals surface area (Å²) in [6, 6.07) is 4.73. The Bertz CT molecular complexity index is 494. The third-order valence-corrected chi connectivity index (χ3v) is 3.46. The van der Waals surface area contributed by atoms with Gasteiger partial charge in [-0.3, -0.25) is 4.99 Å². The highest BCUT2D eigenvalue weighted by molar-refractivity contribution is 14.0. The van der Waals surface area contributed by atoms with Crippen LogP contribution >= 0.6 is 24.0 Å². The number of halogens is 3. The van der Waals surface area contributed by atoms with E-state index in [-0.39, 0.29) is 24.0 Å². The molecule has 21 heavy (non-hydrogen) atoms. The number of hydrogen-bond donors (Lipinski definition) is 2. The van der Waals surface area contributed by atoms with Crippen LogP contribution in [0.4, 0.5) is 8.78 Å². The Morgan fingerprint density at radius 1 is 1.38 bits per heavy atom. The number of aliphatic imine (C=N–C) groups is 1. The average Bonchev–Trinajstić information content (AvgIpc) is 3.10. The van der Waals surface area contributed by atoms with Crippen molar-refractivity contribution in [3.8, 4) is 0 Å². The molecule has 2 rings (SSSR count). The van der Waals surface area contributed by atoms with Gasteiger partial charge < -0.3 is 10.6 Å². The van der Waals surface area contributed by atoms with Crippen LogP contribution in [0, 0.1) is 17.6 Å². The molecule has 0 saturated heterocycles. The first-order valence-corrected chi connectivity index (χ1v) is 7.09. The minimum atomic E-state index is -0.802. The Kier molecular flexibility index (Phi) is 7.34. The van der Waals surface area contributed by atoms with Gasteiger partial charge in [0.2, 0.25) is 0 Å². The van der Waals surface area contributed by atoms with Gasteiger partial charge in [-0.25, -0.2) is 8.78 Å². The van der Waals surface area contributed by atoms with E-state index in [1.807, 2.05) is 6.92 Å². The monoisotopic (exact) mass is 409 g/mol. The lowest BCUT2D eigenvalue weighted by molar-refractivity contribution is 0.499. The van der Waals surface area contributed by atoms with Crippen LogP contribution in [0.1, 0.15) is 25.8 Å². The molecule has 1 aromatic rings. The third kappa shape index (κ3) is 5.41. The van der Waals surface area contributed by atoms with Gasteiger partial charge in [0, 0.05) is 19.1 Å². The van der Waals surface area contributed by atoms with Gasteiger partial charge in [0.1, 0.15) is 0 Å². The molecule has 1 fully saturated rings. The first-order chi connectivity index (χ1) is 9.61. The summed E-state index contributed by atoms with van der Waals surface area (Å²) in [6.07, 6.45) is 1.54. The zero-order chi connectivity index (χ0) is 14.5. The van der Waals surface area contributed by atoms with Gasteiger partial charge in [-0.1, -0.05) is 19.1 Å². The maximum atomic E-state index is 13.5. The summed E-state index contributed by atoms with van der Waals surface area (Å²) in [6.45, 7) is 5.39. The molecule has 2 N–H and O–H groups in total. The SMILES string of the molecule is CCNC(=NCCc1cccc(F)c1F)NC1CC1C.I. The molecule has 3 nitrogen and oxygen atoms in total. The second-order valence-corrected chi connectivity index (χ2v) is 5.19. The minimum Gasteiger partial charge on any atom is -0.357 e. The fourth-order valence-electron chi connectivity index (χ4n) is 2.05. The van der Waals surface area contributed by atoms with Crippen molar-refractivity contribution >= 4 is 29.9 Å². The van der Waals surface area contributed by atoms with Crippen molar-refractivity contribution in [2.75, 3.05) is 13.1 Å². The van der Waals surface area contributed by atoms with Gasteiger partial charge in [-0.2, -0.15) is 0 Å². The van der Waals surface area contributed by atoms with E-state index in [1.54, 1.807) is 6.07 Å². The number of rotatable bonds is 5. The van der Waals surface area contributed by atoms with Crippen LogP contribution in [-0.4, -0.2) is 25.1 Å². The van der Waals surface area contributed by atoms with E-state index in [1.165, 1.54) is 6.07 Å². The average molecular weight is 409 g/mol. The molecule has 1 saturated carbocycles. The fourth-order valence-corrected chi connectivity index (χ4v) is 2.05. The second-order valence-electron chi connectivity index (χ2n) is 5.19. The Morgan fingerprint density at radius 2 is 2.10 bits per heavy atom. The quantitative estimate of drug-likeness (QED) is 0.446. The molecule has 118 valence electrons. The molecule has 2 atom stereocenters. The normalized spacial score (nSPS) is 20.7. The van der Waals surface area contributed by atoms with Crippen molar-refractivity contribution in [3.05, 3.63) is 35.4 Å². The molecule has 1 aliphatic rings.